The van der Waals surface area contributed by atoms with Crippen molar-refractivity contribution < 1.29 is 4.42 Å². The van der Waals surface area contributed by atoms with E-state index in [1.165, 1.54) is 0 Å². The Hall–Kier alpha value is -1.14. The number of rotatable bonds is 4. The second-order valence-electron chi connectivity index (χ2n) is 5.45. The Morgan fingerprint density at radius 2 is 1.89 bits per heavy atom. The second kappa shape index (κ2) is 5.67. The first-order valence-corrected chi connectivity index (χ1v) is 6.58. The number of nitrogens with two attached hydrogens (primary N) is 1. The fourth-order valence-corrected chi connectivity index (χ4v) is 2.11. The molecular weight excluding hydrogens is 230 g/mol. The van der Waals surface area contributed by atoms with Gasteiger partial charge in [0.25, 0.3) is 0 Å². The van der Waals surface area contributed by atoms with Crippen LogP contribution in [0.15, 0.2) is 4.42 Å². The van der Waals surface area contributed by atoms with Crippen molar-refractivity contribution in [3.8, 4) is 0 Å². The van der Waals surface area contributed by atoms with Gasteiger partial charge in [-0.2, -0.15) is 0 Å². The van der Waals surface area contributed by atoms with Gasteiger partial charge in [-0.15, -0.1) is 5.10 Å². The van der Waals surface area contributed by atoms with E-state index in [0.717, 1.165) is 32.6 Å². The zero-order valence-corrected chi connectivity index (χ0v) is 11.5. The third-order valence-corrected chi connectivity index (χ3v) is 3.25. The normalized spacial score (nSPS) is 19.5. The summed E-state index contributed by atoms with van der Waals surface area (Å²) in [6.07, 6.45) is 0.865. The molecule has 6 heteroatoms. The van der Waals surface area contributed by atoms with Gasteiger partial charge in [0.1, 0.15) is 0 Å². The van der Waals surface area contributed by atoms with Crippen LogP contribution in [0.5, 0.6) is 0 Å². The first kappa shape index (κ1) is 13.3. The van der Waals surface area contributed by atoms with Crippen LogP contribution in [-0.2, 0) is 0 Å². The maximum atomic E-state index is 6.04. The Morgan fingerprint density at radius 3 is 2.50 bits per heavy atom. The highest BCUT2D eigenvalue weighted by Gasteiger charge is 2.21. The summed E-state index contributed by atoms with van der Waals surface area (Å²) < 4.78 is 5.68. The highest BCUT2D eigenvalue weighted by molar-refractivity contribution is 5.25. The van der Waals surface area contributed by atoms with Crippen LogP contribution in [0.1, 0.15) is 32.2 Å². The number of likely N-dealkylation sites (N-methyl/N-ethyl adjacent to an activating group) is 1. The van der Waals surface area contributed by atoms with Crippen LogP contribution in [0.4, 0.5) is 6.01 Å². The lowest BCUT2D eigenvalue weighted by atomic mass is 10.1. The maximum absolute atomic E-state index is 6.04. The molecule has 2 N–H and O–H groups in total. The molecule has 0 aliphatic carbocycles. The van der Waals surface area contributed by atoms with Crippen molar-refractivity contribution in [2.24, 2.45) is 11.7 Å². The van der Waals surface area contributed by atoms with E-state index < -0.39 is 0 Å². The molecule has 1 aromatic rings. The molecule has 1 saturated heterocycles. The van der Waals surface area contributed by atoms with E-state index in [-0.39, 0.29) is 6.04 Å². The van der Waals surface area contributed by atoms with Crippen molar-refractivity contribution in [1.82, 2.24) is 15.1 Å². The van der Waals surface area contributed by atoms with Gasteiger partial charge in [0.15, 0.2) is 0 Å². The molecule has 0 saturated carbocycles. The average Bonchev–Trinajstić information content (AvgIpc) is 2.78. The van der Waals surface area contributed by atoms with Gasteiger partial charge in [-0.05, 0) is 19.4 Å². The molecule has 1 aliphatic heterocycles. The van der Waals surface area contributed by atoms with Crippen molar-refractivity contribution in [2.45, 2.75) is 26.3 Å². The standard InChI is InChI=1S/C12H23N5O/c1-9(2)8-10(13)11-14-15-12(18-11)17-6-4-16(3)5-7-17/h9-10H,4-8,13H2,1-3H3. The Balaban J connectivity index is 1.97. The van der Waals surface area contributed by atoms with Crippen molar-refractivity contribution in [3.05, 3.63) is 5.89 Å². The van der Waals surface area contributed by atoms with Crippen LogP contribution in [0.25, 0.3) is 0 Å². The largest absolute Gasteiger partial charge is 0.406 e. The third-order valence-electron chi connectivity index (χ3n) is 3.25. The van der Waals surface area contributed by atoms with E-state index in [9.17, 15) is 0 Å². The predicted octanol–water partition coefficient (Wildman–Crippen LogP) is 0.867. The van der Waals surface area contributed by atoms with Crippen LogP contribution in [0, 0.1) is 5.92 Å². The summed E-state index contributed by atoms with van der Waals surface area (Å²) in [5.74, 6) is 1.08. The SMILES string of the molecule is CC(C)CC(N)c1nnc(N2CCN(C)CC2)o1. The molecular formula is C12H23N5O. The molecule has 2 rings (SSSR count). The number of hydrogen-bond donors (Lipinski definition) is 1. The minimum absolute atomic E-state index is 0.154. The molecule has 6 nitrogen and oxygen atoms in total. The first-order chi connectivity index (χ1) is 8.56. The van der Waals surface area contributed by atoms with E-state index >= 15 is 0 Å². The van der Waals surface area contributed by atoms with Gasteiger partial charge in [-0.1, -0.05) is 18.9 Å². The minimum Gasteiger partial charge on any atom is -0.406 e. The van der Waals surface area contributed by atoms with Crippen LogP contribution in [-0.4, -0.2) is 48.3 Å². The van der Waals surface area contributed by atoms with Crippen molar-refractivity contribution in [2.75, 3.05) is 38.1 Å². The number of aromatic nitrogens is 2. The summed E-state index contributed by atoms with van der Waals surface area (Å²) in [6.45, 7) is 8.18. The van der Waals surface area contributed by atoms with Crippen LogP contribution in [0.3, 0.4) is 0 Å². The zero-order valence-electron chi connectivity index (χ0n) is 11.5. The van der Waals surface area contributed by atoms with Crippen molar-refractivity contribution in [3.63, 3.8) is 0 Å². The lowest BCUT2D eigenvalue weighted by Crippen LogP contribution is -2.44. The van der Waals surface area contributed by atoms with E-state index in [2.05, 4.69) is 40.9 Å². The molecule has 0 aromatic carbocycles. The van der Waals surface area contributed by atoms with Crippen LogP contribution >= 0.6 is 0 Å². The Kier molecular flexibility index (Phi) is 4.19. The first-order valence-electron chi connectivity index (χ1n) is 6.58. The average molecular weight is 253 g/mol. The van der Waals surface area contributed by atoms with Gasteiger partial charge in [0.05, 0.1) is 6.04 Å². The highest BCUT2D eigenvalue weighted by atomic mass is 16.4. The lowest BCUT2D eigenvalue weighted by Gasteiger charge is -2.30. The Morgan fingerprint density at radius 1 is 1.22 bits per heavy atom. The van der Waals surface area contributed by atoms with Gasteiger partial charge < -0.3 is 20.0 Å². The summed E-state index contributed by atoms with van der Waals surface area (Å²) in [4.78, 5) is 4.41. The Bertz CT molecular complexity index is 370. The van der Waals surface area contributed by atoms with Crippen LogP contribution in [0.2, 0.25) is 0 Å². The smallest absolute Gasteiger partial charge is 0.318 e. The van der Waals surface area contributed by atoms with E-state index in [0.29, 0.717) is 17.8 Å². The molecule has 0 amide bonds. The second-order valence-corrected chi connectivity index (χ2v) is 5.45. The molecule has 18 heavy (non-hydrogen) atoms. The third kappa shape index (κ3) is 3.20. The molecule has 1 fully saturated rings. The molecule has 102 valence electrons. The lowest BCUT2D eigenvalue weighted by molar-refractivity contribution is 0.302. The summed E-state index contributed by atoms with van der Waals surface area (Å²) in [5, 5.41) is 8.17. The van der Waals surface area contributed by atoms with Gasteiger partial charge in [0.2, 0.25) is 5.89 Å². The number of piperazine rings is 1. The fraction of sp³-hybridized carbons (Fsp3) is 0.833. The molecule has 1 unspecified atom stereocenters. The van der Waals surface area contributed by atoms with Gasteiger partial charge >= 0.3 is 6.01 Å². The van der Waals surface area contributed by atoms with E-state index in [1.807, 2.05) is 0 Å². The van der Waals surface area contributed by atoms with Crippen LogP contribution < -0.4 is 10.6 Å². The Labute approximate surface area is 108 Å². The minimum atomic E-state index is -0.154. The molecule has 1 atom stereocenters. The molecule has 0 spiro atoms. The number of nitrogens with zero attached hydrogens (tertiary/aromatic N) is 4. The molecule has 0 radical (unpaired) electrons. The van der Waals surface area contributed by atoms with Gasteiger partial charge in [-0.3, -0.25) is 0 Å². The fourth-order valence-electron chi connectivity index (χ4n) is 2.11. The van der Waals surface area contributed by atoms with Gasteiger partial charge in [0, 0.05) is 26.2 Å². The van der Waals surface area contributed by atoms with Gasteiger partial charge in [-0.25, -0.2) is 0 Å². The van der Waals surface area contributed by atoms with E-state index in [1.54, 1.807) is 0 Å². The molecule has 2 heterocycles. The zero-order chi connectivity index (χ0) is 13.1. The quantitative estimate of drug-likeness (QED) is 0.858. The molecule has 1 aliphatic rings. The maximum Gasteiger partial charge on any atom is 0.318 e. The number of anilines is 1. The monoisotopic (exact) mass is 253 g/mol. The predicted molar refractivity (Wildman–Crippen MR) is 70.4 cm³/mol. The summed E-state index contributed by atoms with van der Waals surface area (Å²) in [5.41, 5.74) is 6.04. The van der Waals surface area contributed by atoms with E-state index in [4.69, 9.17) is 10.2 Å². The van der Waals surface area contributed by atoms with Crippen molar-refractivity contribution in [1.29, 1.82) is 0 Å². The number of hydrogen-bond acceptors (Lipinski definition) is 6. The summed E-state index contributed by atoms with van der Waals surface area (Å²) in [7, 11) is 2.12. The molecule has 0 bridgehead atoms. The van der Waals surface area contributed by atoms with Crippen molar-refractivity contribution >= 4 is 6.01 Å². The summed E-state index contributed by atoms with van der Waals surface area (Å²) >= 11 is 0. The summed E-state index contributed by atoms with van der Waals surface area (Å²) in [6, 6.07) is 0.455. The topological polar surface area (TPSA) is 71.4 Å². The highest BCUT2D eigenvalue weighted by Crippen LogP contribution is 2.21. The molecule has 1 aromatic heterocycles.